The van der Waals surface area contributed by atoms with Gasteiger partial charge in [-0.2, -0.15) is 0 Å². The quantitative estimate of drug-likeness (QED) is 0.379. The van der Waals surface area contributed by atoms with Crippen LogP contribution in [0.2, 0.25) is 10.0 Å². The molecule has 0 spiro atoms. The van der Waals surface area contributed by atoms with E-state index in [9.17, 15) is 5.11 Å². The number of nitrogens with zero attached hydrogens (tertiary/aromatic N) is 2. The van der Waals surface area contributed by atoms with Crippen molar-refractivity contribution in [3.05, 3.63) is 28.2 Å². The Labute approximate surface area is 170 Å². The minimum absolute atomic E-state index is 0. The van der Waals surface area contributed by atoms with E-state index in [1.54, 1.807) is 18.2 Å². The van der Waals surface area contributed by atoms with Crippen molar-refractivity contribution in [1.29, 1.82) is 0 Å². The van der Waals surface area contributed by atoms with Gasteiger partial charge in [-0.15, -0.1) is 24.0 Å². The number of aliphatic hydroxyl groups excluding tert-OH is 1. The number of likely N-dealkylation sites (tertiary alicyclic amines) is 1. The van der Waals surface area contributed by atoms with E-state index in [1.165, 1.54) is 6.42 Å². The van der Waals surface area contributed by atoms with Crippen molar-refractivity contribution in [2.45, 2.75) is 25.9 Å². The Kier molecular flexibility index (Phi) is 9.48. The van der Waals surface area contributed by atoms with Gasteiger partial charge < -0.3 is 20.5 Å². The molecule has 0 saturated carbocycles. The fourth-order valence-corrected chi connectivity index (χ4v) is 2.88. The number of hydrogen-bond donors (Lipinski definition) is 2. The summed E-state index contributed by atoms with van der Waals surface area (Å²) in [5, 5.41) is 10.7. The zero-order valence-corrected chi connectivity index (χ0v) is 17.5. The molecule has 2 unspecified atom stereocenters. The van der Waals surface area contributed by atoms with Gasteiger partial charge in [0.15, 0.2) is 5.96 Å². The molecule has 1 aromatic carbocycles. The van der Waals surface area contributed by atoms with E-state index in [4.69, 9.17) is 33.7 Å². The molecule has 0 aromatic heterocycles. The van der Waals surface area contributed by atoms with Crippen molar-refractivity contribution in [3.8, 4) is 5.75 Å². The predicted molar refractivity (Wildman–Crippen MR) is 110 cm³/mol. The second-order valence-electron chi connectivity index (χ2n) is 5.91. The maximum absolute atomic E-state index is 9.99. The maximum atomic E-state index is 9.99. The van der Waals surface area contributed by atoms with Crippen molar-refractivity contribution in [1.82, 2.24) is 4.90 Å². The molecule has 0 amide bonds. The number of piperidine rings is 1. The summed E-state index contributed by atoms with van der Waals surface area (Å²) in [6, 6.07) is 5.12. The molecular formula is C16H24Cl2IN3O2. The summed E-state index contributed by atoms with van der Waals surface area (Å²) >= 11 is 11.9. The molecular weight excluding hydrogens is 464 g/mol. The smallest absolute Gasteiger partial charge is 0.191 e. The predicted octanol–water partition coefficient (Wildman–Crippen LogP) is 3.40. The van der Waals surface area contributed by atoms with E-state index in [1.807, 2.05) is 0 Å². The van der Waals surface area contributed by atoms with E-state index in [0.717, 1.165) is 19.5 Å². The van der Waals surface area contributed by atoms with Gasteiger partial charge in [0.05, 0.1) is 11.6 Å². The first-order valence-corrected chi connectivity index (χ1v) is 8.52. The van der Waals surface area contributed by atoms with E-state index in [0.29, 0.717) is 27.7 Å². The number of rotatable bonds is 5. The lowest BCUT2D eigenvalue weighted by molar-refractivity contribution is 0.114. The van der Waals surface area contributed by atoms with Gasteiger partial charge in [0.25, 0.3) is 0 Å². The molecule has 1 heterocycles. The summed E-state index contributed by atoms with van der Waals surface area (Å²) in [6.07, 6.45) is 1.59. The molecule has 1 aliphatic heterocycles. The summed E-state index contributed by atoms with van der Waals surface area (Å²) in [4.78, 5) is 6.33. The van der Waals surface area contributed by atoms with Crippen LogP contribution in [0.25, 0.3) is 0 Å². The summed E-state index contributed by atoms with van der Waals surface area (Å²) in [6.45, 7) is 4.31. The third-order valence-electron chi connectivity index (χ3n) is 3.79. The minimum Gasteiger partial charge on any atom is -0.489 e. The van der Waals surface area contributed by atoms with Crippen molar-refractivity contribution < 1.29 is 9.84 Å². The summed E-state index contributed by atoms with van der Waals surface area (Å²) in [5.74, 6) is 1.55. The first-order chi connectivity index (χ1) is 11.0. The van der Waals surface area contributed by atoms with Gasteiger partial charge in [-0.1, -0.05) is 36.2 Å². The second-order valence-corrected chi connectivity index (χ2v) is 6.69. The topological polar surface area (TPSA) is 71.1 Å². The van der Waals surface area contributed by atoms with Gasteiger partial charge in [0, 0.05) is 13.1 Å². The molecule has 0 bridgehead atoms. The Morgan fingerprint density at radius 1 is 1.50 bits per heavy atom. The van der Waals surface area contributed by atoms with Crippen LogP contribution in [0.15, 0.2) is 23.2 Å². The molecule has 2 atom stereocenters. The Morgan fingerprint density at radius 2 is 2.25 bits per heavy atom. The summed E-state index contributed by atoms with van der Waals surface area (Å²) in [7, 11) is 0. The van der Waals surface area contributed by atoms with Crippen LogP contribution in [-0.4, -0.2) is 48.3 Å². The van der Waals surface area contributed by atoms with Crippen molar-refractivity contribution in [3.63, 3.8) is 0 Å². The Hall–Kier alpha value is -0.440. The third kappa shape index (κ3) is 6.46. The largest absolute Gasteiger partial charge is 0.489 e. The normalized spacial score (nSPS) is 19.6. The monoisotopic (exact) mass is 487 g/mol. The Balaban J connectivity index is 0.00000288. The zero-order chi connectivity index (χ0) is 16.8. The van der Waals surface area contributed by atoms with Gasteiger partial charge in [0.2, 0.25) is 0 Å². The lowest BCUT2D eigenvalue weighted by Gasteiger charge is -2.31. The number of halogens is 3. The van der Waals surface area contributed by atoms with Gasteiger partial charge in [-0.25, -0.2) is 0 Å². The number of aliphatic hydroxyl groups is 1. The highest BCUT2D eigenvalue weighted by atomic mass is 127. The molecule has 1 aliphatic rings. The molecule has 136 valence electrons. The Morgan fingerprint density at radius 3 is 2.96 bits per heavy atom. The maximum Gasteiger partial charge on any atom is 0.191 e. The summed E-state index contributed by atoms with van der Waals surface area (Å²) < 4.78 is 5.48. The molecule has 8 heteroatoms. The standard InChI is InChI=1S/C16H23Cl2N3O2.HI/c1-11-4-3-7-21(9-11)16(19)20-8-12(22)10-23-14-6-2-5-13(17)15(14)18;/h2,5-6,11-12,22H,3-4,7-10H2,1H3,(H2,19,20);1H. The van der Waals surface area contributed by atoms with E-state index in [-0.39, 0.29) is 37.1 Å². The first-order valence-electron chi connectivity index (χ1n) is 7.77. The van der Waals surface area contributed by atoms with E-state index >= 15 is 0 Å². The van der Waals surface area contributed by atoms with E-state index < -0.39 is 6.10 Å². The van der Waals surface area contributed by atoms with Gasteiger partial charge in [-0.3, -0.25) is 4.99 Å². The molecule has 5 nitrogen and oxygen atoms in total. The first kappa shape index (κ1) is 21.6. The Bertz CT molecular complexity index is 560. The van der Waals surface area contributed by atoms with Crippen LogP contribution in [0.3, 0.4) is 0 Å². The number of hydrogen-bond acceptors (Lipinski definition) is 3. The fraction of sp³-hybridized carbons (Fsp3) is 0.562. The highest BCUT2D eigenvalue weighted by molar-refractivity contribution is 14.0. The van der Waals surface area contributed by atoms with Gasteiger partial charge >= 0.3 is 0 Å². The van der Waals surface area contributed by atoms with Crippen LogP contribution in [0, 0.1) is 5.92 Å². The molecule has 2 rings (SSSR count). The average molecular weight is 488 g/mol. The third-order valence-corrected chi connectivity index (χ3v) is 4.59. The number of benzene rings is 1. The molecule has 1 fully saturated rings. The molecule has 1 aromatic rings. The SMILES string of the molecule is CC1CCCN(C(N)=NCC(O)COc2cccc(Cl)c2Cl)C1.I. The van der Waals surface area contributed by atoms with Crippen LogP contribution in [0.5, 0.6) is 5.75 Å². The van der Waals surface area contributed by atoms with Gasteiger partial charge in [-0.05, 0) is 30.9 Å². The zero-order valence-electron chi connectivity index (χ0n) is 13.6. The van der Waals surface area contributed by atoms with Crippen molar-refractivity contribution in [2.24, 2.45) is 16.6 Å². The fourth-order valence-electron chi connectivity index (χ4n) is 2.53. The molecule has 1 saturated heterocycles. The lowest BCUT2D eigenvalue weighted by Crippen LogP contribution is -2.44. The highest BCUT2D eigenvalue weighted by Crippen LogP contribution is 2.31. The number of ether oxygens (including phenoxy) is 1. The number of guanidine groups is 1. The highest BCUT2D eigenvalue weighted by Gasteiger charge is 2.18. The summed E-state index contributed by atoms with van der Waals surface area (Å²) in [5.41, 5.74) is 6.00. The molecule has 0 radical (unpaired) electrons. The van der Waals surface area contributed by atoms with Crippen LogP contribution in [-0.2, 0) is 0 Å². The molecule has 24 heavy (non-hydrogen) atoms. The second kappa shape index (κ2) is 10.5. The van der Waals surface area contributed by atoms with Crippen LogP contribution < -0.4 is 10.5 Å². The van der Waals surface area contributed by atoms with Crippen LogP contribution in [0.4, 0.5) is 0 Å². The van der Waals surface area contributed by atoms with Crippen LogP contribution >= 0.6 is 47.2 Å². The van der Waals surface area contributed by atoms with Crippen molar-refractivity contribution >= 4 is 53.1 Å². The van der Waals surface area contributed by atoms with E-state index in [2.05, 4.69) is 16.8 Å². The average Bonchev–Trinajstić information content (AvgIpc) is 2.54. The molecule has 3 N–H and O–H groups in total. The lowest BCUT2D eigenvalue weighted by atomic mass is 10.0. The minimum atomic E-state index is -0.759. The molecule has 0 aliphatic carbocycles. The van der Waals surface area contributed by atoms with Crippen LogP contribution in [0.1, 0.15) is 19.8 Å². The van der Waals surface area contributed by atoms with Crippen molar-refractivity contribution in [2.75, 3.05) is 26.2 Å². The number of aliphatic imine (C=N–C) groups is 1. The van der Waals surface area contributed by atoms with Gasteiger partial charge in [0.1, 0.15) is 23.5 Å². The number of nitrogens with two attached hydrogens (primary N) is 1.